The van der Waals surface area contributed by atoms with Gasteiger partial charge in [-0.25, -0.2) is 0 Å². The molecule has 0 radical (unpaired) electrons. The van der Waals surface area contributed by atoms with Crippen molar-refractivity contribution < 1.29 is 24.5 Å². The number of rotatable bonds is 11. The average molecular weight is 494 g/mol. The molecule has 1 aliphatic carbocycles. The molecular weight excluding hydrogens is 454 g/mol. The number of unbranched alkanes of at least 4 members (excludes halogenated alkanes) is 1. The number of morpholine rings is 1. The predicted molar refractivity (Wildman–Crippen MR) is 141 cm³/mol. The van der Waals surface area contributed by atoms with Crippen molar-refractivity contribution >= 4 is 5.97 Å². The lowest BCUT2D eigenvalue weighted by molar-refractivity contribution is -0.137. The Morgan fingerprint density at radius 1 is 1.06 bits per heavy atom. The molecule has 0 spiro atoms. The Morgan fingerprint density at radius 3 is 2.39 bits per heavy atom. The molecule has 1 aliphatic heterocycles. The highest BCUT2D eigenvalue weighted by molar-refractivity contribution is 5.66. The fourth-order valence-corrected chi connectivity index (χ4v) is 5.42. The van der Waals surface area contributed by atoms with Gasteiger partial charge in [-0.3, -0.25) is 9.69 Å². The number of aliphatic hydroxyl groups excluding tert-OH is 1. The van der Waals surface area contributed by atoms with Crippen LogP contribution in [0.3, 0.4) is 0 Å². The number of aliphatic carboxylic acids is 1. The van der Waals surface area contributed by atoms with Crippen LogP contribution in [0, 0.1) is 12.8 Å². The van der Waals surface area contributed by atoms with Gasteiger partial charge in [-0.2, -0.15) is 0 Å². The van der Waals surface area contributed by atoms with Crippen LogP contribution in [0.4, 0.5) is 0 Å². The molecule has 36 heavy (non-hydrogen) atoms. The van der Waals surface area contributed by atoms with Crippen molar-refractivity contribution in [3.63, 3.8) is 0 Å². The first-order valence-electron chi connectivity index (χ1n) is 13.2. The van der Waals surface area contributed by atoms with E-state index in [1.54, 1.807) is 0 Å². The molecule has 194 valence electrons. The normalized spacial score (nSPS) is 24.9. The number of nitrogens with zero attached hydrogens (tertiary/aromatic N) is 1. The topological polar surface area (TPSA) is 79.2 Å². The molecule has 0 aromatic heterocycles. The number of benzene rings is 2. The second kappa shape index (κ2) is 13.2. The third-order valence-electron chi connectivity index (χ3n) is 7.39. The molecular formula is C30H39NO5. The first-order chi connectivity index (χ1) is 17.5. The molecule has 2 aliphatic rings. The molecule has 0 amide bonds. The summed E-state index contributed by atoms with van der Waals surface area (Å²) in [5, 5.41) is 19.8. The molecule has 1 saturated carbocycles. The zero-order chi connectivity index (χ0) is 25.3. The Bertz CT molecular complexity index is 981. The highest BCUT2D eigenvalue weighted by Gasteiger charge is 2.45. The molecule has 4 rings (SSSR count). The van der Waals surface area contributed by atoms with Crippen molar-refractivity contribution in [2.45, 2.75) is 63.9 Å². The highest BCUT2D eigenvalue weighted by Crippen LogP contribution is 2.36. The smallest absolute Gasteiger partial charge is 0.303 e. The monoisotopic (exact) mass is 493 g/mol. The van der Waals surface area contributed by atoms with Crippen molar-refractivity contribution in [1.82, 2.24) is 4.90 Å². The van der Waals surface area contributed by atoms with Gasteiger partial charge in [-0.05, 0) is 42.9 Å². The number of hydrogen-bond acceptors (Lipinski definition) is 5. The van der Waals surface area contributed by atoms with E-state index < -0.39 is 12.1 Å². The number of carboxylic acids is 1. The summed E-state index contributed by atoms with van der Waals surface area (Å²) in [6.07, 6.45) is 6.78. The lowest BCUT2D eigenvalue weighted by Crippen LogP contribution is -2.50. The lowest BCUT2D eigenvalue weighted by Gasteiger charge is -2.37. The maximum Gasteiger partial charge on any atom is 0.303 e. The molecule has 2 aromatic carbocycles. The molecule has 6 heteroatoms. The summed E-state index contributed by atoms with van der Waals surface area (Å²) < 4.78 is 12.0. The van der Waals surface area contributed by atoms with E-state index in [1.807, 2.05) is 0 Å². The van der Waals surface area contributed by atoms with Crippen LogP contribution in [0.25, 0.3) is 11.1 Å². The van der Waals surface area contributed by atoms with E-state index in [0.29, 0.717) is 32.7 Å². The van der Waals surface area contributed by atoms with Gasteiger partial charge in [-0.1, -0.05) is 66.2 Å². The Morgan fingerprint density at radius 2 is 1.72 bits per heavy atom. The van der Waals surface area contributed by atoms with Gasteiger partial charge in [-0.15, -0.1) is 0 Å². The molecule has 1 heterocycles. The fraction of sp³-hybridized carbons (Fsp3) is 0.500. The van der Waals surface area contributed by atoms with E-state index in [9.17, 15) is 9.90 Å². The third-order valence-corrected chi connectivity index (χ3v) is 7.39. The van der Waals surface area contributed by atoms with Crippen molar-refractivity contribution in [2.24, 2.45) is 5.92 Å². The third kappa shape index (κ3) is 7.26. The first kappa shape index (κ1) is 26.6. The average Bonchev–Trinajstić information content (AvgIpc) is 3.20. The molecule has 0 bridgehead atoms. The first-order valence-corrected chi connectivity index (χ1v) is 13.2. The molecule has 4 atom stereocenters. The van der Waals surface area contributed by atoms with Gasteiger partial charge < -0.3 is 19.7 Å². The standard InChI is InChI=1S/C30H39NO5/c1-22-8-12-24(13-9-22)25-14-10-23(11-15-25)21-36-28-20-27(32)30(31-16-18-35-19-17-31)26(28)6-4-2-3-5-7-29(33)34/h2,4,8-15,26-28,30,32H,3,5-7,16-21H2,1H3,(H,33,34)/b4-2+. The number of carboxylic acid groups (broad SMARTS) is 1. The van der Waals surface area contributed by atoms with E-state index in [-0.39, 0.29) is 24.5 Å². The molecule has 1 saturated heterocycles. The van der Waals surface area contributed by atoms with E-state index in [4.69, 9.17) is 14.6 Å². The van der Waals surface area contributed by atoms with Crippen LogP contribution < -0.4 is 0 Å². The van der Waals surface area contributed by atoms with Crippen LogP contribution in [0.1, 0.15) is 43.2 Å². The summed E-state index contributed by atoms with van der Waals surface area (Å²) in [6, 6.07) is 17.1. The number of hydrogen-bond donors (Lipinski definition) is 2. The summed E-state index contributed by atoms with van der Waals surface area (Å²) in [7, 11) is 0. The summed E-state index contributed by atoms with van der Waals surface area (Å²) >= 11 is 0. The van der Waals surface area contributed by atoms with Gasteiger partial charge in [0.05, 0.1) is 32.0 Å². The van der Waals surface area contributed by atoms with Crippen LogP contribution in [-0.2, 0) is 20.9 Å². The maximum atomic E-state index is 11.0. The minimum atomic E-state index is -0.755. The van der Waals surface area contributed by atoms with Gasteiger partial charge in [0, 0.05) is 37.9 Å². The minimum Gasteiger partial charge on any atom is -0.481 e. The van der Waals surface area contributed by atoms with Gasteiger partial charge in [0.15, 0.2) is 0 Å². The Kier molecular flexibility index (Phi) is 9.70. The summed E-state index contributed by atoms with van der Waals surface area (Å²) in [5.41, 5.74) is 4.77. The van der Waals surface area contributed by atoms with E-state index in [0.717, 1.165) is 31.5 Å². The van der Waals surface area contributed by atoms with Crippen LogP contribution in [0.5, 0.6) is 0 Å². The molecule has 4 unspecified atom stereocenters. The predicted octanol–water partition coefficient (Wildman–Crippen LogP) is 4.83. The summed E-state index contributed by atoms with van der Waals surface area (Å²) in [4.78, 5) is 13.1. The van der Waals surface area contributed by atoms with E-state index >= 15 is 0 Å². The van der Waals surface area contributed by atoms with Crippen LogP contribution in [0.2, 0.25) is 0 Å². The van der Waals surface area contributed by atoms with Gasteiger partial charge in [0.2, 0.25) is 0 Å². The Hall–Kier alpha value is -2.51. The number of carbonyl (C=O) groups is 1. The zero-order valence-electron chi connectivity index (χ0n) is 21.2. The second-order valence-corrected chi connectivity index (χ2v) is 10.0. The fourth-order valence-electron chi connectivity index (χ4n) is 5.42. The van der Waals surface area contributed by atoms with Gasteiger partial charge >= 0.3 is 5.97 Å². The SMILES string of the molecule is Cc1ccc(-c2ccc(COC3CC(O)C(N4CCOCC4)C3C/C=C/CCCC(=O)O)cc2)cc1. The molecule has 6 nitrogen and oxygen atoms in total. The minimum absolute atomic E-state index is 0.0340. The second-order valence-electron chi connectivity index (χ2n) is 10.0. The van der Waals surface area contributed by atoms with E-state index in [2.05, 4.69) is 72.5 Å². The molecule has 2 N–H and O–H groups in total. The van der Waals surface area contributed by atoms with Gasteiger partial charge in [0.1, 0.15) is 0 Å². The van der Waals surface area contributed by atoms with Crippen LogP contribution >= 0.6 is 0 Å². The summed E-state index contributed by atoms with van der Waals surface area (Å²) in [5.74, 6) is -0.573. The van der Waals surface area contributed by atoms with Crippen LogP contribution in [0.15, 0.2) is 60.7 Å². The number of aliphatic hydroxyl groups is 1. The number of aryl methyl sites for hydroxylation is 1. The van der Waals surface area contributed by atoms with Crippen LogP contribution in [-0.4, -0.2) is 65.6 Å². The zero-order valence-corrected chi connectivity index (χ0v) is 21.2. The maximum absolute atomic E-state index is 11.0. The van der Waals surface area contributed by atoms with Crippen molar-refractivity contribution in [3.8, 4) is 11.1 Å². The van der Waals surface area contributed by atoms with Crippen molar-refractivity contribution in [1.29, 1.82) is 0 Å². The number of allylic oxidation sites excluding steroid dienone is 2. The molecule has 2 aromatic rings. The Balaban J connectivity index is 1.38. The van der Waals surface area contributed by atoms with Gasteiger partial charge in [0.25, 0.3) is 0 Å². The Labute approximate surface area is 214 Å². The highest BCUT2D eigenvalue weighted by atomic mass is 16.5. The van der Waals surface area contributed by atoms with E-state index in [1.165, 1.54) is 16.7 Å². The molecule has 2 fully saturated rings. The van der Waals surface area contributed by atoms with Crippen molar-refractivity contribution in [2.75, 3.05) is 26.3 Å². The van der Waals surface area contributed by atoms with Crippen molar-refractivity contribution in [3.05, 3.63) is 71.8 Å². The largest absolute Gasteiger partial charge is 0.481 e. The lowest BCUT2D eigenvalue weighted by atomic mass is 9.94. The number of ether oxygens (including phenoxy) is 2. The summed E-state index contributed by atoms with van der Waals surface area (Å²) in [6.45, 7) is 5.65. The quantitative estimate of drug-likeness (QED) is 0.345.